The molecule has 2 unspecified atom stereocenters. The molecule has 0 N–H and O–H groups in total. The van der Waals surface area contributed by atoms with Crippen molar-refractivity contribution >= 4 is 60.5 Å². The van der Waals surface area contributed by atoms with Crippen LogP contribution in [0, 0.1) is 5.92 Å². The third-order valence-electron chi connectivity index (χ3n) is 10.8. The highest BCUT2D eigenvalue weighted by molar-refractivity contribution is 6.13. The summed E-state index contributed by atoms with van der Waals surface area (Å²) < 4.78 is 13.2. The average Bonchev–Trinajstić information content (AvgIpc) is 3.79. The van der Waals surface area contributed by atoms with Crippen molar-refractivity contribution < 1.29 is 8.83 Å². The van der Waals surface area contributed by atoms with Crippen LogP contribution in [0.2, 0.25) is 0 Å². The average molecular weight is 682 g/mol. The molecule has 0 saturated heterocycles. The SMILES string of the molecule is CC1C=Cc2oc3cccc(-c4cccc5c4oc4ccccc45)c3c2C1c1nc(-c2ccccc2)nc(-c2ccc3c(ccc4ccccc43)c2)n1. The first-order valence-electron chi connectivity index (χ1n) is 18.1. The summed E-state index contributed by atoms with van der Waals surface area (Å²) in [5, 5.41) is 8.05. The molecule has 10 aromatic rings. The lowest BCUT2D eigenvalue weighted by Crippen LogP contribution is -2.18. The highest BCUT2D eigenvalue weighted by Gasteiger charge is 2.34. The van der Waals surface area contributed by atoms with Crippen LogP contribution in [0.3, 0.4) is 0 Å². The predicted octanol–water partition coefficient (Wildman–Crippen LogP) is 12.6. The number of aromatic nitrogens is 3. The molecule has 1 aliphatic rings. The van der Waals surface area contributed by atoms with Crippen molar-refractivity contribution in [1.29, 1.82) is 0 Å². The van der Waals surface area contributed by atoms with Crippen LogP contribution < -0.4 is 0 Å². The fourth-order valence-electron chi connectivity index (χ4n) is 8.31. The summed E-state index contributed by atoms with van der Waals surface area (Å²) in [5.74, 6) is 2.72. The predicted molar refractivity (Wildman–Crippen MR) is 215 cm³/mol. The topological polar surface area (TPSA) is 65.0 Å². The summed E-state index contributed by atoms with van der Waals surface area (Å²) in [4.78, 5) is 15.7. The molecule has 0 aliphatic heterocycles. The van der Waals surface area contributed by atoms with E-state index in [0.29, 0.717) is 17.5 Å². The van der Waals surface area contributed by atoms with Crippen molar-refractivity contribution in [1.82, 2.24) is 15.0 Å². The van der Waals surface area contributed by atoms with E-state index in [2.05, 4.69) is 134 Å². The lowest BCUT2D eigenvalue weighted by molar-refractivity contribution is 0.545. The number of allylic oxidation sites excluding steroid dienone is 1. The number of furan rings is 2. The Hall–Kier alpha value is -6.85. The van der Waals surface area contributed by atoms with Gasteiger partial charge in [-0.3, -0.25) is 0 Å². The van der Waals surface area contributed by atoms with Crippen LogP contribution in [-0.4, -0.2) is 15.0 Å². The zero-order valence-electron chi connectivity index (χ0n) is 28.8. The van der Waals surface area contributed by atoms with E-state index in [1.807, 2.05) is 30.3 Å². The van der Waals surface area contributed by atoms with Crippen LogP contribution >= 0.6 is 0 Å². The highest BCUT2D eigenvalue weighted by atomic mass is 16.3. The van der Waals surface area contributed by atoms with Gasteiger partial charge in [0.25, 0.3) is 0 Å². The molecule has 3 aromatic heterocycles. The van der Waals surface area contributed by atoms with Crippen LogP contribution in [0.25, 0.3) is 94.4 Å². The van der Waals surface area contributed by atoms with Crippen LogP contribution in [0.4, 0.5) is 0 Å². The second-order valence-electron chi connectivity index (χ2n) is 14.0. The van der Waals surface area contributed by atoms with Gasteiger partial charge >= 0.3 is 0 Å². The van der Waals surface area contributed by atoms with Gasteiger partial charge in [-0.15, -0.1) is 0 Å². The first-order chi connectivity index (χ1) is 26.2. The van der Waals surface area contributed by atoms with E-state index in [9.17, 15) is 0 Å². The quantitative estimate of drug-likeness (QED) is 0.173. The summed E-state index contributed by atoms with van der Waals surface area (Å²) >= 11 is 0. The van der Waals surface area contributed by atoms with Crippen LogP contribution in [0.1, 0.15) is 30.0 Å². The molecule has 5 nitrogen and oxygen atoms in total. The molecule has 0 saturated carbocycles. The summed E-state index contributed by atoms with van der Waals surface area (Å²) in [6.07, 6.45) is 4.32. The van der Waals surface area contributed by atoms with Gasteiger partial charge in [0, 0.05) is 38.4 Å². The van der Waals surface area contributed by atoms with Crippen LogP contribution in [-0.2, 0) is 0 Å². The highest BCUT2D eigenvalue weighted by Crippen LogP contribution is 2.48. The van der Waals surface area contributed by atoms with Crippen molar-refractivity contribution in [3.05, 3.63) is 169 Å². The minimum atomic E-state index is -0.194. The van der Waals surface area contributed by atoms with E-state index in [-0.39, 0.29) is 11.8 Å². The normalized spacial score (nSPS) is 15.6. The van der Waals surface area contributed by atoms with E-state index in [1.165, 1.54) is 16.2 Å². The fourth-order valence-corrected chi connectivity index (χ4v) is 8.31. The van der Waals surface area contributed by atoms with Crippen molar-refractivity contribution in [2.45, 2.75) is 12.8 Å². The fraction of sp³-hybridized carbons (Fsp3) is 0.0625. The molecule has 53 heavy (non-hydrogen) atoms. The Morgan fingerprint density at radius 1 is 0.509 bits per heavy atom. The molecule has 0 amide bonds. The van der Waals surface area contributed by atoms with E-state index >= 15 is 0 Å². The first kappa shape index (κ1) is 29.8. The number of hydrogen-bond acceptors (Lipinski definition) is 5. The molecule has 1 aliphatic carbocycles. The maximum absolute atomic E-state index is 6.65. The number of nitrogens with zero attached hydrogens (tertiary/aromatic N) is 3. The molecular formula is C48H31N3O2. The van der Waals surface area contributed by atoms with Gasteiger partial charge in [-0.2, -0.15) is 0 Å². The summed E-state index contributed by atoms with van der Waals surface area (Å²) in [7, 11) is 0. The minimum Gasteiger partial charge on any atom is -0.456 e. The van der Waals surface area contributed by atoms with E-state index in [0.717, 1.165) is 71.9 Å². The van der Waals surface area contributed by atoms with Gasteiger partial charge in [0.2, 0.25) is 0 Å². The van der Waals surface area contributed by atoms with Gasteiger partial charge in [-0.1, -0.05) is 140 Å². The van der Waals surface area contributed by atoms with E-state index < -0.39 is 0 Å². The molecule has 250 valence electrons. The Kier molecular flexibility index (Phi) is 6.52. The third kappa shape index (κ3) is 4.67. The summed E-state index contributed by atoms with van der Waals surface area (Å²) in [6.45, 7) is 2.23. The molecule has 0 radical (unpaired) electrons. The summed E-state index contributed by atoms with van der Waals surface area (Å²) in [5.41, 5.74) is 7.62. The maximum atomic E-state index is 6.65. The largest absolute Gasteiger partial charge is 0.456 e. The van der Waals surface area contributed by atoms with Gasteiger partial charge < -0.3 is 8.83 Å². The van der Waals surface area contributed by atoms with Gasteiger partial charge in [-0.05, 0) is 57.3 Å². The zero-order valence-corrected chi connectivity index (χ0v) is 28.8. The molecule has 3 heterocycles. The first-order valence-corrected chi connectivity index (χ1v) is 18.1. The van der Waals surface area contributed by atoms with Crippen LogP contribution in [0.5, 0.6) is 0 Å². The van der Waals surface area contributed by atoms with Crippen molar-refractivity contribution in [3.8, 4) is 33.9 Å². The number of fused-ring (bicyclic) bond motifs is 9. The molecule has 11 rings (SSSR count). The van der Waals surface area contributed by atoms with Gasteiger partial charge in [0.1, 0.15) is 28.3 Å². The second kappa shape index (κ2) is 11.6. The molecule has 0 spiro atoms. The Labute approximate surface area is 304 Å². The molecule has 0 bridgehead atoms. The number of benzene rings is 7. The molecule has 2 atom stereocenters. The number of rotatable bonds is 4. The minimum absolute atomic E-state index is 0.0835. The van der Waals surface area contributed by atoms with Crippen molar-refractivity contribution in [2.75, 3.05) is 0 Å². The van der Waals surface area contributed by atoms with Crippen LogP contribution in [0.15, 0.2) is 161 Å². The van der Waals surface area contributed by atoms with Crippen molar-refractivity contribution in [2.24, 2.45) is 5.92 Å². The molecule has 5 heteroatoms. The van der Waals surface area contributed by atoms with E-state index in [1.54, 1.807) is 0 Å². The smallest absolute Gasteiger partial charge is 0.163 e. The van der Waals surface area contributed by atoms with Crippen molar-refractivity contribution in [3.63, 3.8) is 0 Å². The Morgan fingerprint density at radius 3 is 2.11 bits per heavy atom. The second-order valence-corrected chi connectivity index (χ2v) is 14.0. The van der Waals surface area contributed by atoms with Gasteiger partial charge in [-0.25, -0.2) is 15.0 Å². The van der Waals surface area contributed by atoms with E-state index in [4.69, 9.17) is 23.8 Å². The standard InChI is InChI=1S/C48H31N3O2/c1-28-21-26-41-44(43-36(16-10-20-40(43)52-41)38-18-9-17-37-35-15-7-8-19-39(35)53-45(37)38)42(28)48-50-46(30-12-3-2-4-13-30)49-47(51-48)32-24-25-34-31(27-32)23-22-29-11-5-6-14-33(29)34/h2-28,42H,1H3. The zero-order chi connectivity index (χ0) is 35.0. The maximum Gasteiger partial charge on any atom is 0.163 e. The molecular weight excluding hydrogens is 651 g/mol. The van der Waals surface area contributed by atoms with Gasteiger partial charge in [0.05, 0.1) is 5.92 Å². The Bertz CT molecular complexity index is 3100. The lowest BCUT2D eigenvalue weighted by atomic mass is 9.79. The van der Waals surface area contributed by atoms with Gasteiger partial charge in [0.15, 0.2) is 11.6 Å². The summed E-state index contributed by atoms with van der Waals surface area (Å²) in [6, 6.07) is 50.5. The number of hydrogen-bond donors (Lipinski definition) is 0. The molecule has 0 fully saturated rings. The monoisotopic (exact) mass is 681 g/mol. The number of para-hydroxylation sites is 2. The third-order valence-corrected chi connectivity index (χ3v) is 10.8. The Balaban J connectivity index is 1.14. The molecule has 7 aromatic carbocycles. The lowest BCUT2D eigenvalue weighted by Gasteiger charge is -2.25. The Morgan fingerprint density at radius 2 is 1.21 bits per heavy atom.